The predicted molar refractivity (Wildman–Crippen MR) is 129 cm³/mol. The van der Waals surface area contributed by atoms with Crippen molar-refractivity contribution in [1.29, 1.82) is 5.26 Å². The van der Waals surface area contributed by atoms with Gasteiger partial charge in [0, 0.05) is 32.2 Å². The standard InChI is InChI=1S/C26H27F2N5O4/c27-20-6-5-17(11-21(20)28)23-13-37-25(35)33(23)24(34)30-14-26(36)15-32(16-26)19-7-9-31(10-8-19)22-4-2-1-3-18(22)12-29/h1-6,11,19,23,36H,7-10,13-16H2,(H,30,34). The molecule has 3 amide bonds. The van der Waals surface area contributed by atoms with Crippen molar-refractivity contribution < 1.29 is 28.2 Å². The number of likely N-dealkylation sites (tertiary alicyclic amines) is 1. The Morgan fingerprint density at radius 3 is 2.59 bits per heavy atom. The van der Waals surface area contributed by atoms with E-state index in [2.05, 4.69) is 21.2 Å². The van der Waals surface area contributed by atoms with Crippen molar-refractivity contribution in [2.75, 3.05) is 44.2 Å². The zero-order valence-electron chi connectivity index (χ0n) is 20.1. The number of anilines is 1. The van der Waals surface area contributed by atoms with Gasteiger partial charge >= 0.3 is 12.1 Å². The molecule has 0 aromatic heterocycles. The number of piperidine rings is 1. The molecule has 3 saturated heterocycles. The number of ether oxygens (including phenoxy) is 1. The molecule has 2 N–H and O–H groups in total. The van der Waals surface area contributed by atoms with E-state index >= 15 is 0 Å². The van der Waals surface area contributed by atoms with E-state index < -0.39 is 35.4 Å². The molecule has 9 nitrogen and oxygen atoms in total. The third kappa shape index (κ3) is 4.95. The minimum Gasteiger partial charge on any atom is -0.446 e. The molecule has 194 valence electrons. The summed E-state index contributed by atoms with van der Waals surface area (Å²) in [7, 11) is 0. The second-order valence-corrected chi connectivity index (χ2v) is 9.77. The highest BCUT2D eigenvalue weighted by Gasteiger charge is 2.46. The number of cyclic esters (lactones) is 1. The first-order valence-corrected chi connectivity index (χ1v) is 12.2. The molecule has 5 rings (SSSR count). The highest BCUT2D eigenvalue weighted by molar-refractivity contribution is 5.92. The fourth-order valence-corrected chi connectivity index (χ4v) is 5.33. The maximum atomic E-state index is 13.7. The second-order valence-electron chi connectivity index (χ2n) is 9.77. The van der Waals surface area contributed by atoms with Crippen molar-refractivity contribution in [2.24, 2.45) is 0 Å². The molecule has 37 heavy (non-hydrogen) atoms. The molecular weight excluding hydrogens is 484 g/mol. The number of β-amino-alcohol motifs (C(OH)–C–C–N with tert-alkyl or cyclic N) is 1. The summed E-state index contributed by atoms with van der Waals surface area (Å²) < 4.78 is 31.9. The van der Waals surface area contributed by atoms with Crippen molar-refractivity contribution in [3.05, 3.63) is 65.2 Å². The van der Waals surface area contributed by atoms with E-state index in [-0.39, 0.29) is 24.8 Å². The van der Waals surface area contributed by atoms with Crippen molar-refractivity contribution in [3.8, 4) is 6.07 Å². The highest BCUT2D eigenvalue weighted by atomic mass is 19.2. The van der Waals surface area contributed by atoms with Crippen LogP contribution < -0.4 is 10.2 Å². The molecule has 11 heteroatoms. The number of amides is 3. The summed E-state index contributed by atoms with van der Waals surface area (Å²) in [5.74, 6) is -2.11. The van der Waals surface area contributed by atoms with Gasteiger partial charge in [-0.15, -0.1) is 0 Å². The SMILES string of the molecule is N#Cc1ccccc1N1CCC(N2CC(O)(CNC(=O)N3C(=O)OCC3c3ccc(F)c(F)c3)C2)CC1. The van der Waals surface area contributed by atoms with E-state index in [1.165, 1.54) is 6.07 Å². The van der Waals surface area contributed by atoms with Crippen LogP contribution in [0.15, 0.2) is 42.5 Å². The first-order valence-electron chi connectivity index (χ1n) is 12.2. The number of hydrogen-bond donors (Lipinski definition) is 2. The fraction of sp³-hybridized carbons (Fsp3) is 0.423. The number of nitriles is 1. The molecule has 3 aliphatic rings. The topological polar surface area (TPSA) is 109 Å². The summed E-state index contributed by atoms with van der Waals surface area (Å²) in [5, 5.41) is 22.8. The number of nitrogens with zero attached hydrogens (tertiary/aromatic N) is 4. The number of aliphatic hydroxyl groups is 1. The number of urea groups is 1. The number of benzene rings is 2. The van der Waals surface area contributed by atoms with Crippen LogP contribution in [0.2, 0.25) is 0 Å². The van der Waals surface area contributed by atoms with E-state index in [1.807, 2.05) is 24.3 Å². The Bertz CT molecular complexity index is 1240. The fourth-order valence-electron chi connectivity index (χ4n) is 5.33. The number of hydrogen-bond acceptors (Lipinski definition) is 7. The largest absolute Gasteiger partial charge is 0.446 e. The molecule has 0 spiro atoms. The Labute approximate surface area is 212 Å². The minimum absolute atomic E-state index is 0.0645. The molecule has 3 aliphatic heterocycles. The summed E-state index contributed by atoms with van der Waals surface area (Å²) in [5.41, 5.74) is 0.690. The zero-order chi connectivity index (χ0) is 26.2. The maximum Gasteiger partial charge on any atom is 0.418 e. The number of halogens is 2. The molecule has 3 heterocycles. The van der Waals surface area contributed by atoms with Gasteiger partial charge in [0.2, 0.25) is 0 Å². The lowest BCUT2D eigenvalue weighted by Crippen LogP contribution is -2.69. The highest BCUT2D eigenvalue weighted by Crippen LogP contribution is 2.32. The van der Waals surface area contributed by atoms with E-state index in [0.717, 1.165) is 48.7 Å². The number of para-hydroxylation sites is 1. The van der Waals surface area contributed by atoms with Crippen LogP contribution in [-0.4, -0.2) is 78.0 Å². The maximum absolute atomic E-state index is 13.7. The molecular formula is C26H27F2N5O4. The number of nitrogens with one attached hydrogen (secondary N) is 1. The number of carbonyl (C=O) groups excluding carboxylic acids is 2. The van der Waals surface area contributed by atoms with Crippen LogP contribution in [0.4, 0.5) is 24.1 Å². The van der Waals surface area contributed by atoms with Crippen molar-refractivity contribution in [3.63, 3.8) is 0 Å². The molecule has 1 unspecified atom stereocenters. The summed E-state index contributed by atoms with van der Waals surface area (Å²) >= 11 is 0. The summed E-state index contributed by atoms with van der Waals surface area (Å²) in [4.78, 5) is 30.2. The van der Waals surface area contributed by atoms with Gasteiger partial charge < -0.3 is 20.1 Å². The van der Waals surface area contributed by atoms with E-state index in [0.29, 0.717) is 18.7 Å². The van der Waals surface area contributed by atoms with Crippen molar-refractivity contribution in [1.82, 2.24) is 15.1 Å². The average molecular weight is 512 g/mol. The Morgan fingerprint density at radius 2 is 1.89 bits per heavy atom. The quantitative estimate of drug-likeness (QED) is 0.636. The molecule has 0 bridgehead atoms. The van der Waals surface area contributed by atoms with E-state index in [1.54, 1.807) is 0 Å². The van der Waals surface area contributed by atoms with Gasteiger partial charge in [0.05, 0.1) is 17.8 Å². The summed E-state index contributed by atoms with van der Waals surface area (Å²) in [6.07, 6.45) is 0.884. The summed E-state index contributed by atoms with van der Waals surface area (Å²) in [6, 6.07) is 11.6. The second kappa shape index (κ2) is 9.95. The van der Waals surface area contributed by atoms with Gasteiger partial charge in [-0.2, -0.15) is 5.26 Å². The Balaban J connectivity index is 1.12. The molecule has 1 atom stereocenters. The van der Waals surface area contributed by atoms with Gasteiger partial charge in [-0.05, 0) is 42.7 Å². The molecule has 3 fully saturated rings. The monoisotopic (exact) mass is 511 g/mol. The van der Waals surface area contributed by atoms with Gasteiger partial charge in [-0.3, -0.25) is 4.90 Å². The van der Waals surface area contributed by atoms with Crippen molar-refractivity contribution in [2.45, 2.75) is 30.5 Å². The molecule has 2 aromatic rings. The number of imide groups is 1. The van der Waals surface area contributed by atoms with Crippen molar-refractivity contribution >= 4 is 17.8 Å². The van der Waals surface area contributed by atoms with Gasteiger partial charge in [0.25, 0.3) is 0 Å². The van der Waals surface area contributed by atoms with Crippen LogP contribution in [0, 0.1) is 23.0 Å². The first-order chi connectivity index (χ1) is 17.8. The van der Waals surface area contributed by atoms with Crippen LogP contribution in [0.1, 0.15) is 30.0 Å². The predicted octanol–water partition coefficient (Wildman–Crippen LogP) is 2.76. The molecule has 0 saturated carbocycles. The zero-order valence-corrected chi connectivity index (χ0v) is 20.1. The van der Waals surface area contributed by atoms with E-state index in [9.17, 15) is 28.7 Å². The van der Waals surface area contributed by atoms with Crippen LogP contribution in [0.25, 0.3) is 0 Å². The molecule has 0 aliphatic carbocycles. The lowest BCUT2D eigenvalue weighted by molar-refractivity contribution is -0.114. The minimum atomic E-state index is -1.14. The van der Waals surface area contributed by atoms with Gasteiger partial charge in [0.1, 0.15) is 24.3 Å². The normalized spacial score (nSPS) is 21.8. The van der Waals surface area contributed by atoms with Crippen LogP contribution in [0.3, 0.4) is 0 Å². The first kappa shape index (κ1) is 24.9. The third-order valence-corrected chi connectivity index (χ3v) is 7.33. The number of carbonyl (C=O) groups is 2. The van der Waals surface area contributed by atoms with Crippen LogP contribution >= 0.6 is 0 Å². The van der Waals surface area contributed by atoms with E-state index in [4.69, 9.17) is 4.74 Å². The van der Waals surface area contributed by atoms with Gasteiger partial charge in [-0.25, -0.2) is 23.3 Å². The van der Waals surface area contributed by atoms with Crippen LogP contribution in [-0.2, 0) is 4.74 Å². The Hall–Kier alpha value is -3.75. The average Bonchev–Trinajstić information content (AvgIpc) is 3.28. The van der Waals surface area contributed by atoms with Crippen LogP contribution in [0.5, 0.6) is 0 Å². The summed E-state index contributed by atoms with van der Waals surface area (Å²) in [6.45, 7) is 2.13. The molecule has 0 radical (unpaired) electrons. The number of rotatable bonds is 5. The Kier molecular flexibility index (Phi) is 6.70. The lowest BCUT2D eigenvalue weighted by Gasteiger charge is -2.52. The Morgan fingerprint density at radius 1 is 1.16 bits per heavy atom. The third-order valence-electron chi connectivity index (χ3n) is 7.33. The molecule has 2 aromatic carbocycles. The smallest absolute Gasteiger partial charge is 0.418 e. The van der Waals surface area contributed by atoms with Gasteiger partial charge in [-0.1, -0.05) is 18.2 Å². The lowest BCUT2D eigenvalue weighted by atomic mass is 9.89. The van der Waals surface area contributed by atoms with Gasteiger partial charge in [0.15, 0.2) is 11.6 Å².